The van der Waals surface area contributed by atoms with Crippen LogP contribution in [-0.2, 0) is 0 Å². The summed E-state index contributed by atoms with van der Waals surface area (Å²) in [7, 11) is 0. The summed E-state index contributed by atoms with van der Waals surface area (Å²) in [5.74, 6) is 0. The van der Waals surface area contributed by atoms with Crippen molar-refractivity contribution in [3.8, 4) is 22.3 Å². The summed E-state index contributed by atoms with van der Waals surface area (Å²) in [5.41, 5.74) is 4.83. The summed E-state index contributed by atoms with van der Waals surface area (Å²) < 4.78 is 0.857. The Morgan fingerprint density at radius 1 is 0.632 bits per heavy atom. The molecule has 0 fully saturated rings. The number of hydrogen-bond acceptors (Lipinski definition) is 1. The molecule has 1 aromatic heterocycles. The molecule has 1 heterocycles. The van der Waals surface area contributed by atoms with E-state index in [1.165, 1.54) is 22.3 Å². The predicted octanol–water partition coefficient (Wildman–Crippen LogP) is 5.18. The molecule has 0 saturated carbocycles. The minimum atomic E-state index is 0.857. The molecule has 92 valence electrons. The van der Waals surface area contributed by atoms with Crippen molar-refractivity contribution in [1.29, 1.82) is 0 Å². The van der Waals surface area contributed by atoms with E-state index in [4.69, 9.17) is 0 Å². The Labute approximate surface area is 121 Å². The van der Waals surface area contributed by atoms with Crippen molar-refractivity contribution in [2.45, 2.75) is 0 Å². The zero-order chi connectivity index (χ0) is 13.1. The van der Waals surface area contributed by atoms with E-state index in [0.717, 1.165) is 4.60 Å². The lowest BCUT2D eigenvalue weighted by atomic mass is 10.00. The highest BCUT2D eigenvalue weighted by atomic mass is 79.9. The predicted molar refractivity (Wildman–Crippen MR) is 82.8 cm³/mol. The number of hydrogen-bond donors (Lipinski definition) is 0. The van der Waals surface area contributed by atoms with Crippen molar-refractivity contribution in [3.63, 3.8) is 0 Å². The molecule has 0 aliphatic rings. The largest absolute Gasteiger partial charge is 0.249 e. The van der Waals surface area contributed by atoms with Gasteiger partial charge in [0, 0.05) is 6.20 Å². The standard InChI is InChI=1S/C17H12BrN/c18-17-12-16(9-10-19-17)15-8-4-7-14(11-15)13-5-2-1-3-6-13/h1-12H. The SMILES string of the molecule is Brc1cc(-c2cccc(-c3ccccc3)c2)ccn1. The minimum Gasteiger partial charge on any atom is -0.249 e. The van der Waals surface area contributed by atoms with Gasteiger partial charge in [0.1, 0.15) is 4.60 Å². The molecule has 0 aliphatic carbocycles. The van der Waals surface area contributed by atoms with Gasteiger partial charge >= 0.3 is 0 Å². The van der Waals surface area contributed by atoms with E-state index in [1.807, 2.05) is 24.4 Å². The number of benzene rings is 2. The summed E-state index contributed by atoms with van der Waals surface area (Å²) in [5, 5.41) is 0. The van der Waals surface area contributed by atoms with Gasteiger partial charge in [0.2, 0.25) is 0 Å². The molecule has 0 spiro atoms. The van der Waals surface area contributed by atoms with Crippen LogP contribution in [0, 0.1) is 0 Å². The maximum absolute atomic E-state index is 4.16. The third-order valence-electron chi connectivity index (χ3n) is 3.03. The second kappa shape index (κ2) is 5.37. The van der Waals surface area contributed by atoms with E-state index in [9.17, 15) is 0 Å². The Morgan fingerprint density at radius 2 is 1.26 bits per heavy atom. The minimum absolute atomic E-state index is 0.857. The lowest BCUT2D eigenvalue weighted by Gasteiger charge is -2.06. The van der Waals surface area contributed by atoms with Gasteiger partial charge in [0.25, 0.3) is 0 Å². The first-order valence-corrected chi connectivity index (χ1v) is 6.90. The van der Waals surface area contributed by atoms with Gasteiger partial charge in [0.05, 0.1) is 0 Å². The number of nitrogens with zero attached hydrogens (tertiary/aromatic N) is 1. The van der Waals surface area contributed by atoms with Crippen molar-refractivity contribution >= 4 is 15.9 Å². The molecule has 3 rings (SSSR count). The van der Waals surface area contributed by atoms with Crippen LogP contribution in [0.1, 0.15) is 0 Å². The monoisotopic (exact) mass is 309 g/mol. The maximum Gasteiger partial charge on any atom is 0.106 e. The Bertz CT molecular complexity index is 692. The summed E-state index contributed by atoms with van der Waals surface area (Å²) >= 11 is 3.41. The summed E-state index contributed by atoms with van der Waals surface area (Å²) in [6.07, 6.45) is 1.81. The highest BCUT2D eigenvalue weighted by molar-refractivity contribution is 9.10. The zero-order valence-corrected chi connectivity index (χ0v) is 11.8. The molecule has 0 unspecified atom stereocenters. The molecule has 3 aromatic rings. The second-order valence-electron chi connectivity index (χ2n) is 4.31. The van der Waals surface area contributed by atoms with Crippen LogP contribution in [0.15, 0.2) is 77.5 Å². The Hall–Kier alpha value is -1.93. The van der Waals surface area contributed by atoms with Crippen LogP contribution in [0.5, 0.6) is 0 Å². The van der Waals surface area contributed by atoms with Gasteiger partial charge in [-0.1, -0.05) is 48.5 Å². The van der Waals surface area contributed by atoms with Gasteiger partial charge in [0.15, 0.2) is 0 Å². The summed E-state index contributed by atoms with van der Waals surface area (Å²) in [6, 6.07) is 23.0. The van der Waals surface area contributed by atoms with Crippen LogP contribution < -0.4 is 0 Å². The molecule has 0 aliphatic heterocycles. The van der Waals surface area contributed by atoms with Gasteiger partial charge in [-0.05, 0) is 56.4 Å². The molecule has 0 radical (unpaired) electrons. The lowest BCUT2D eigenvalue weighted by Crippen LogP contribution is -1.82. The Balaban J connectivity index is 2.06. The van der Waals surface area contributed by atoms with E-state index in [-0.39, 0.29) is 0 Å². The van der Waals surface area contributed by atoms with E-state index >= 15 is 0 Å². The highest BCUT2D eigenvalue weighted by Crippen LogP contribution is 2.27. The van der Waals surface area contributed by atoms with E-state index in [0.29, 0.717) is 0 Å². The molecule has 1 nitrogen and oxygen atoms in total. The van der Waals surface area contributed by atoms with Crippen LogP contribution in [-0.4, -0.2) is 4.98 Å². The molecule has 0 saturated heterocycles. The Kier molecular flexibility index (Phi) is 3.43. The molecule has 19 heavy (non-hydrogen) atoms. The van der Waals surface area contributed by atoms with Crippen LogP contribution in [0.4, 0.5) is 0 Å². The van der Waals surface area contributed by atoms with Gasteiger partial charge < -0.3 is 0 Å². The van der Waals surface area contributed by atoms with Gasteiger partial charge in [-0.2, -0.15) is 0 Å². The highest BCUT2D eigenvalue weighted by Gasteiger charge is 2.02. The van der Waals surface area contributed by atoms with E-state index in [2.05, 4.69) is 69.4 Å². The maximum atomic E-state index is 4.16. The second-order valence-corrected chi connectivity index (χ2v) is 5.13. The lowest BCUT2D eigenvalue weighted by molar-refractivity contribution is 1.28. The van der Waals surface area contributed by atoms with E-state index in [1.54, 1.807) is 0 Å². The zero-order valence-electron chi connectivity index (χ0n) is 10.3. The first kappa shape index (κ1) is 12.1. The molecular weight excluding hydrogens is 298 g/mol. The van der Waals surface area contributed by atoms with Gasteiger partial charge in [-0.15, -0.1) is 0 Å². The van der Waals surface area contributed by atoms with Crippen molar-refractivity contribution < 1.29 is 0 Å². The fourth-order valence-electron chi connectivity index (χ4n) is 2.09. The van der Waals surface area contributed by atoms with Crippen LogP contribution in [0.25, 0.3) is 22.3 Å². The molecule has 0 bridgehead atoms. The topological polar surface area (TPSA) is 12.9 Å². The quantitative estimate of drug-likeness (QED) is 0.594. The molecular formula is C17H12BrN. The summed E-state index contributed by atoms with van der Waals surface area (Å²) in [4.78, 5) is 4.16. The first-order chi connectivity index (χ1) is 9.33. The van der Waals surface area contributed by atoms with Crippen molar-refractivity contribution in [2.75, 3.05) is 0 Å². The van der Waals surface area contributed by atoms with Crippen molar-refractivity contribution in [1.82, 2.24) is 4.98 Å². The molecule has 0 amide bonds. The summed E-state index contributed by atoms with van der Waals surface area (Å²) in [6.45, 7) is 0. The fourth-order valence-corrected chi connectivity index (χ4v) is 2.46. The third kappa shape index (κ3) is 2.74. The van der Waals surface area contributed by atoms with E-state index < -0.39 is 0 Å². The average molecular weight is 310 g/mol. The van der Waals surface area contributed by atoms with Crippen molar-refractivity contribution in [2.24, 2.45) is 0 Å². The molecule has 0 N–H and O–H groups in total. The normalized spacial score (nSPS) is 10.4. The number of aromatic nitrogens is 1. The van der Waals surface area contributed by atoms with Crippen LogP contribution in [0.2, 0.25) is 0 Å². The molecule has 2 aromatic carbocycles. The molecule has 0 atom stereocenters. The average Bonchev–Trinajstić information content (AvgIpc) is 2.48. The fraction of sp³-hybridized carbons (Fsp3) is 0. The number of rotatable bonds is 2. The molecule has 2 heteroatoms. The van der Waals surface area contributed by atoms with Crippen LogP contribution >= 0.6 is 15.9 Å². The third-order valence-corrected chi connectivity index (χ3v) is 3.46. The first-order valence-electron chi connectivity index (χ1n) is 6.10. The van der Waals surface area contributed by atoms with Crippen molar-refractivity contribution in [3.05, 3.63) is 77.5 Å². The number of halogens is 1. The van der Waals surface area contributed by atoms with Crippen LogP contribution in [0.3, 0.4) is 0 Å². The number of pyridine rings is 1. The smallest absolute Gasteiger partial charge is 0.106 e. The van der Waals surface area contributed by atoms with Gasteiger partial charge in [-0.3, -0.25) is 0 Å². The Morgan fingerprint density at radius 3 is 2.00 bits per heavy atom. The van der Waals surface area contributed by atoms with Gasteiger partial charge in [-0.25, -0.2) is 4.98 Å².